The molecule has 1 saturated heterocycles. The van der Waals surface area contributed by atoms with Crippen molar-refractivity contribution in [2.75, 3.05) is 13.2 Å². The summed E-state index contributed by atoms with van der Waals surface area (Å²) in [6.45, 7) is 4.38. The molecular weight excluding hydrogens is 300 g/mol. The summed E-state index contributed by atoms with van der Waals surface area (Å²) in [7, 11) is 0. The van der Waals surface area contributed by atoms with E-state index in [0.717, 1.165) is 18.7 Å². The van der Waals surface area contributed by atoms with Crippen molar-refractivity contribution in [3.05, 3.63) is 35.4 Å². The number of carbonyl (C=O) groups excluding carboxylic acids is 1. The van der Waals surface area contributed by atoms with Gasteiger partial charge in [0.05, 0.1) is 6.10 Å². The largest absolute Gasteiger partial charge is 0.377 e. The Labute approximate surface area is 144 Å². The summed E-state index contributed by atoms with van der Waals surface area (Å²) in [5.41, 5.74) is 2.33. The molecule has 0 aromatic heterocycles. The summed E-state index contributed by atoms with van der Waals surface area (Å²) in [6, 6.07) is 8.58. The van der Waals surface area contributed by atoms with Gasteiger partial charge in [0, 0.05) is 42.6 Å². The highest BCUT2D eigenvalue weighted by Crippen LogP contribution is 2.60. The van der Waals surface area contributed by atoms with Gasteiger partial charge in [0.25, 0.3) is 5.91 Å². The average Bonchev–Trinajstić information content (AvgIpc) is 3.24. The lowest BCUT2D eigenvalue weighted by Crippen LogP contribution is -2.67. The molecule has 3 aliphatic rings. The van der Waals surface area contributed by atoms with E-state index in [9.17, 15) is 4.79 Å². The summed E-state index contributed by atoms with van der Waals surface area (Å²) >= 11 is 0. The van der Waals surface area contributed by atoms with Gasteiger partial charge in [-0.2, -0.15) is 0 Å². The summed E-state index contributed by atoms with van der Waals surface area (Å²) in [4.78, 5) is 12.0. The Hall–Kier alpha value is -1.39. The summed E-state index contributed by atoms with van der Waals surface area (Å²) in [5, 5.41) is 6.70. The van der Waals surface area contributed by atoms with Crippen molar-refractivity contribution in [1.29, 1.82) is 0 Å². The molecular formula is C20H28N2O2. The van der Waals surface area contributed by atoms with Crippen LogP contribution < -0.4 is 10.6 Å². The van der Waals surface area contributed by atoms with Crippen LogP contribution in [0.3, 0.4) is 0 Å². The van der Waals surface area contributed by atoms with Gasteiger partial charge >= 0.3 is 0 Å². The van der Waals surface area contributed by atoms with E-state index in [1.807, 2.05) is 25.1 Å². The van der Waals surface area contributed by atoms with Gasteiger partial charge in [-0.3, -0.25) is 4.79 Å². The molecule has 2 saturated carbocycles. The topological polar surface area (TPSA) is 50.4 Å². The van der Waals surface area contributed by atoms with Crippen molar-refractivity contribution in [2.45, 2.75) is 57.7 Å². The van der Waals surface area contributed by atoms with E-state index >= 15 is 0 Å². The standard InChI is InChI=1S/C20H28N2O2/c1-2-21-19(23)15-7-5-6-14(12-15)13-22-17-16-8-11-24-18(16)20(17)9-3-4-10-20/h5-7,12,16-18,22H,2-4,8-11,13H2,1H3,(H,21,23)/t16-,17-,18-/m1/s1. The summed E-state index contributed by atoms with van der Waals surface area (Å²) in [6.07, 6.45) is 7.01. The molecule has 1 heterocycles. The normalized spacial score (nSPS) is 30.1. The first-order chi connectivity index (χ1) is 11.7. The number of rotatable bonds is 5. The molecule has 1 amide bonds. The van der Waals surface area contributed by atoms with E-state index in [1.54, 1.807) is 0 Å². The fraction of sp³-hybridized carbons (Fsp3) is 0.650. The SMILES string of the molecule is CCNC(=O)c1cccc(CN[C@@H]2[C@H]3CCO[C@H]3C23CCCC3)c1. The van der Waals surface area contributed by atoms with Crippen molar-refractivity contribution in [3.63, 3.8) is 0 Å². The molecule has 0 unspecified atom stereocenters. The molecule has 130 valence electrons. The van der Waals surface area contributed by atoms with Gasteiger partial charge in [-0.25, -0.2) is 0 Å². The van der Waals surface area contributed by atoms with Crippen molar-refractivity contribution in [2.24, 2.45) is 11.3 Å². The Morgan fingerprint density at radius 1 is 1.33 bits per heavy atom. The fourth-order valence-corrected chi connectivity index (χ4v) is 5.32. The number of hydrogen-bond donors (Lipinski definition) is 2. The van der Waals surface area contributed by atoms with E-state index in [1.165, 1.54) is 37.7 Å². The van der Waals surface area contributed by atoms with Crippen molar-refractivity contribution in [3.8, 4) is 0 Å². The number of ether oxygens (including phenoxy) is 1. The zero-order valence-electron chi connectivity index (χ0n) is 14.5. The highest BCUT2D eigenvalue weighted by molar-refractivity contribution is 5.94. The number of hydrogen-bond acceptors (Lipinski definition) is 3. The van der Waals surface area contributed by atoms with Gasteiger partial charge in [-0.15, -0.1) is 0 Å². The van der Waals surface area contributed by atoms with E-state index in [2.05, 4.69) is 16.7 Å². The van der Waals surface area contributed by atoms with Crippen LogP contribution in [0.1, 0.15) is 54.9 Å². The second-order valence-corrected chi connectivity index (χ2v) is 7.60. The Bertz CT molecular complexity index is 609. The lowest BCUT2D eigenvalue weighted by atomic mass is 9.54. The van der Waals surface area contributed by atoms with Crippen LogP contribution in [0.15, 0.2) is 24.3 Å². The molecule has 1 aliphatic heterocycles. The van der Waals surface area contributed by atoms with Gasteiger partial charge < -0.3 is 15.4 Å². The van der Waals surface area contributed by atoms with Crippen LogP contribution in [-0.2, 0) is 11.3 Å². The minimum Gasteiger partial charge on any atom is -0.377 e. The van der Waals surface area contributed by atoms with E-state index in [4.69, 9.17) is 4.74 Å². The summed E-state index contributed by atoms with van der Waals surface area (Å²) < 4.78 is 6.06. The zero-order valence-corrected chi connectivity index (χ0v) is 14.5. The molecule has 0 radical (unpaired) electrons. The summed E-state index contributed by atoms with van der Waals surface area (Å²) in [5.74, 6) is 0.703. The van der Waals surface area contributed by atoms with E-state index in [-0.39, 0.29) is 5.91 Å². The molecule has 2 aliphatic carbocycles. The first-order valence-electron chi connectivity index (χ1n) is 9.47. The fourth-order valence-electron chi connectivity index (χ4n) is 5.32. The van der Waals surface area contributed by atoms with Gasteiger partial charge in [0.2, 0.25) is 0 Å². The second-order valence-electron chi connectivity index (χ2n) is 7.60. The van der Waals surface area contributed by atoms with Crippen LogP contribution in [0.25, 0.3) is 0 Å². The van der Waals surface area contributed by atoms with Crippen LogP contribution in [0.5, 0.6) is 0 Å². The van der Waals surface area contributed by atoms with Crippen molar-refractivity contribution in [1.82, 2.24) is 10.6 Å². The van der Waals surface area contributed by atoms with Gasteiger partial charge in [-0.1, -0.05) is 25.0 Å². The van der Waals surface area contributed by atoms with E-state index < -0.39 is 0 Å². The Kier molecular flexibility index (Phi) is 4.35. The van der Waals surface area contributed by atoms with Crippen LogP contribution >= 0.6 is 0 Å². The van der Waals surface area contributed by atoms with Crippen molar-refractivity contribution < 1.29 is 9.53 Å². The first kappa shape index (κ1) is 16.1. The highest BCUT2D eigenvalue weighted by Gasteiger charge is 2.64. The third-order valence-electron chi connectivity index (χ3n) is 6.34. The lowest BCUT2D eigenvalue weighted by molar-refractivity contribution is -0.130. The Morgan fingerprint density at radius 2 is 2.17 bits per heavy atom. The Balaban J connectivity index is 1.43. The highest BCUT2D eigenvalue weighted by atomic mass is 16.5. The van der Waals surface area contributed by atoms with Crippen LogP contribution in [0.2, 0.25) is 0 Å². The average molecular weight is 328 g/mol. The molecule has 4 heteroatoms. The van der Waals surface area contributed by atoms with Gasteiger partial charge in [-0.05, 0) is 43.9 Å². The molecule has 4 nitrogen and oxygen atoms in total. The maximum Gasteiger partial charge on any atom is 0.251 e. The van der Waals surface area contributed by atoms with Gasteiger partial charge in [0.1, 0.15) is 0 Å². The molecule has 4 rings (SSSR count). The predicted molar refractivity (Wildman–Crippen MR) is 93.8 cm³/mol. The zero-order chi connectivity index (χ0) is 16.6. The minimum atomic E-state index is 0.0134. The number of benzene rings is 1. The predicted octanol–water partition coefficient (Wildman–Crippen LogP) is 2.87. The number of nitrogens with one attached hydrogen (secondary N) is 2. The first-order valence-corrected chi connectivity index (χ1v) is 9.47. The third-order valence-corrected chi connectivity index (χ3v) is 6.34. The monoisotopic (exact) mass is 328 g/mol. The molecule has 2 N–H and O–H groups in total. The lowest BCUT2D eigenvalue weighted by Gasteiger charge is -2.57. The third kappa shape index (κ3) is 2.56. The molecule has 0 bridgehead atoms. The van der Waals surface area contributed by atoms with Crippen LogP contribution in [-0.4, -0.2) is 31.2 Å². The second kappa shape index (κ2) is 6.49. The number of amides is 1. The number of fused-ring (bicyclic) bond motifs is 2. The molecule has 3 fully saturated rings. The van der Waals surface area contributed by atoms with Crippen LogP contribution in [0.4, 0.5) is 0 Å². The quantitative estimate of drug-likeness (QED) is 0.874. The minimum absolute atomic E-state index is 0.0134. The van der Waals surface area contributed by atoms with Gasteiger partial charge in [0.15, 0.2) is 0 Å². The maximum absolute atomic E-state index is 12.0. The molecule has 24 heavy (non-hydrogen) atoms. The smallest absolute Gasteiger partial charge is 0.251 e. The molecule has 1 aromatic rings. The van der Waals surface area contributed by atoms with Crippen LogP contribution in [0, 0.1) is 11.3 Å². The molecule has 1 spiro atoms. The van der Waals surface area contributed by atoms with E-state index in [0.29, 0.717) is 30.0 Å². The van der Waals surface area contributed by atoms with Crippen molar-refractivity contribution >= 4 is 5.91 Å². The molecule has 3 atom stereocenters. The maximum atomic E-state index is 12.0. The molecule has 1 aromatic carbocycles. The Morgan fingerprint density at radius 3 is 2.96 bits per heavy atom. The number of carbonyl (C=O) groups is 1.